The van der Waals surface area contributed by atoms with Crippen LogP contribution in [-0.2, 0) is 4.79 Å². The van der Waals surface area contributed by atoms with Crippen molar-refractivity contribution in [1.29, 1.82) is 0 Å². The summed E-state index contributed by atoms with van der Waals surface area (Å²) in [4.78, 5) is 25.5. The summed E-state index contributed by atoms with van der Waals surface area (Å²) in [6.45, 7) is 12.9. The first kappa shape index (κ1) is 24.2. The number of hydrogen-bond acceptors (Lipinski definition) is 5. The van der Waals surface area contributed by atoms with Gasteiger partial charge in [-0.3, -0.25) is 4.79 Å². The minimum Gasteiger partial charge on any atom is -0.439 e. The molecule has 2 aromatic rings. The Labute approximate surface area is 194 Å². The summed E-state index contributed by atoms with van der Waals surface area (Å²) in [7, 11) is 0. The SMILES string of the molecule is C[C@H](CC(=O)N1CCN(c2cc(Oc3ccc(F)c(Cl)c3)ncn2)C[C@@H]1C)CC(C)(C)C. The second-order valence-corrected chi connectivity index (χ2v) is 10.3. The molecule has 1 aromatic heterocycles. The Bertz CT molecular complexity index is 950. The molecule has 0 aliphatic carbocycles. The van der Waals surface area contributed by atoms with Crippen LogP contribution in [0.25, 0.3) is 0 Å². The minimum atomic E-state index is -0.503. The molecule has 0 spiro atoms. The van der Waals surface area contributed by atoms with Gasteiger partial charge in [-0.15, -0.1) is 0 Å². The van der Waals surface area contributed by atoms with Crippen molar-refractivity contribution < 1.29 is 13.9 Å². The number of nitrogens with zero attached hydrogens (tertiary/aromatic N) is 4. The molecule has 8 heteroatoms. The number of carbonyl (C=O) groups is 1. The minimum absolute atomic E-state index is 0.0109. The number of carbonyl (C=O) groups excluding carboxylic acids is 1. The average Bonchev–Trinajstić information content (AvgIpc) is 2.69. The first-order valence-corrected chi connectivity index (χ1v) is 11.4. The number of halogens is 2. The third kappa shape index (κ3) is 6.55. The maximum Gasteiger partial charge on any atom is 0.224 e. The smallest absolute Gasteiger partial charge is 0.224 e. The largest absolute Gasteiger partial charge is 0.439 e. The quantitative estimate of drug-likeness (QED) is 0.562. The highest BCUT2D eigenvalue weighted by Crippen LogP contribution is 2.29. The summed E-state index contributed by atoms with van der Waals surface area (Å²) in [5, 5.41) is -0.0109. The lowest BCUT2D eigenvalue weighted by molar-refractivity contribution is -0.134. The Hall–Kier alpha value is -2.41. The summed E-state index contributed by atoms with van der Waals surface area (Å²) in [5.41, 5.74) is 0.218. The van der Waals surface area contributed by atoms with Gasteiger partial charge in [0.25, 0.3) is 0 Å². The molecule has 6 nitrogen and oxygen atoms in total. The van der Waals surface area contributed by atoms with Gasteiger partial charge in [-0.25, -0.2) is 14.4 Å². The molecule has 3 rings (SSSR count). The zero-order valence-electron chi connectivity index (χ0n) is 19.4. The summed E-state index contributed by atoms with van der Waals surface area (Å²) in [6, 6.07) is 5.97. The average molecular weight is 463 g/mol. The molecule has 0 radical (unpaired) electrons. The van der Waals surface area contributed by atoms with Crippen LogP contribution in [0.4, 0.5) is 10.2 Å². The monoisotopic (exact) mass is 462 g/mol. The van der Waals surface area contributed by atoms with E-state index in [-0.39, 0.29) is 22.4 Å². The van der Waals surface area contributed by atoms with Crippen LogP contribution in [0.3, 0.4) is 0 Å². The van der Waals surface area contributed by atoms with Crippen LogP contribution >= 0.6 is 11.6 Å². The summed E-state index contributed by atoms with van der Waals surface area (Å²) in [6.07, 6.45) is 3.04. The molecule has 1 saturated heterocycles. The lowest BCUT2D eigenvalue weighted by Gasteiger charge is -2.41. The van der Waals surface area contributed by atoms with E-state index in [2.05, 4.69) is 49.5 Å². The zero-order chi connectivity index (χ0) is 23.5. The Kier molecular flexibility index (Phi) is 7.59. The Morgan fingerprint density at radius 3 is 2.69 bits per heavy atom. The molecule has 1 aromatic carbocycles. The predicted octanol–water partition coefficient (Wildman–Crippen LogP) is 5.56. The molecule has 2 atom stereocenters. The highest BCUT2D eigenvalue weighted by atomic mass is 35.5. The maximum absolute atomic E-state index is 13.4. The number of piperazine rings is 1. The van der Waals surface area contributed by atoms with E-state index in [1.54, 1.807) is 6.07 Å². The van der Waals surface area contributed by atoms with Crippen molar-refractivity contribution in [2.75, 3.05) is 24.5 Å². The molecule has 1 aliphatic heterocycles. The van der Waals surface area contributed by atoms with E-state index in [1.807, 2.05) is 4.90 Å². The van der Waals surface area contributed by atoms with Crippen LogP contribution in [0, 0.1) is 17.2 Å². The van der Waals surface area contributed by atoms with Crippen LogP contribution in [0.5, 0.6) is 11.6 Å². The number of amides is 1. The normalized spacial score (nSPS) is 17.9. The molecule has 1 aliphatic rings. The van der Waals surface area contributed by atoms with E-state index in [0.717, 1.165) is 12.2 Å². The topological polar surface area (TPSA) is 58.6 Å². The van der Waals surface area contributed by atoms with Gasteiger partial charge < -0.3 is 14.5 Å². The van der Waals surface area contributed by atoms with Crippen molar-refractivity contribution in [3.63, 3.8) is 0 Å². The fraction of sp³-hybridized carbons (Fsp3) is 0.542. The number of anilines is 1. The fourth-order valence-electron chi connectivity index (χ4n) is 4.29. The zero-order valence-corrected chi connectivity index (χ0v) is 20.2. The van der Waals surface area contributed by atoms with Gasteiger partial charge in [0.1, 0.15) is 23.7 Å². The lowest BCUT2D eigenvalue weighted by Crippen LogP contribution is -2.54. The molecule has 0 unspecified atom stereocenters. The van der Waals surface area contributed by atoms with Crippen molar-refractivity contribution in [3.05, 3.63) is 41.4 Å². The van der Waals surface area contributed by atoms with E-state index < -0.39 is 5.82 Å². The van der Waals surface area contributed by atoms with Gasteiger partial charge in [0.15, 0.2) is 0 Å². The van der Waals surface area contributed by atoms with Gasteiger partial charge in [0.2, 0.25) is 11.8 Å². The first-order valence-electron chi connectivity index (χ1n) is 11.0. The molecule has 32 heavy (non-hydrogen) atoms. The van der Waals surface area contributed by atoms with E-state index >= 15 is 0 Å². The summed E-state index contributed by atoms with van der Waals surface area (Å²) < 4.78 is 19.1. The van der Waals surface area contributed by atoms with E-state index in [0.29, 0.717) is 43.6 Å². The summed E-state index contributed by atoms with van der Waals surface area (Å²) >= 11 is 5.82. The van der Waals surface area contributed by atoms with Gasteiger partial charge in [-0.2, -0.15) is 0 Å². The molecule has 1 amide bonds. The van der Waals surface area contributed by atoms with Crippen LogP contribution in [-0.4, -0.2) is 46.5 Å². The molecule has 0 bridgehead atoms. The second kappa shape index (κ2) is 10.0. The molecular weight excluding hydrogens is 431 g/mol. The summed E-state index contributed by atoms with van der Waals surface area (Å²) in [5.74, 6) is 1.54. The predicted molar refractivity (Wildman–Crippen MR) is 125 cm³/mol. The van der Waals surface area contributed by atoms with Crippen molar-refractivity contribution in [2.45, 2.75) is 53.5 Å². The Morgan fingerprint density at radius 1 is 1.28 bits per heavy atom. The molecule has 2 heterocycles. The van der Waals surface area contributed by atoms with Gasteiger partial charge in [-0.05, 0) is 36.8 Å². The highest BCUT2D eigenvalue weighted by molar-refractivity contribution is 6.30. The van der Waals surface area contributed by atoms with Gasteiger partial charge in [-0.1, -0.05) is 39.3 Å². The molecule has 1 fully saturated rings. The number of benzene rings is 1. The van der Waals surface area contributed by atoms with E-state index in [1.165, 1.54) is 24.5 Å². The Morgan fingerprint density at radius 2 is 2.03 bits per heavy atom. The van der Waals surface area contributed by atoms with Crippen LogP contribution in [0.1, 0.15) is 47.5 Å². The number of hydrogen-bond donors (Lipinski definition) is 0. The third-order valence-corrected chi connectivity index (χ3v) is 5.79. The molecule has 0 N–H and O–H groups in total. The maximum atomic E-state index is 13.4. The molecule has 0 saturated carbocycles. The second-order valence-electron chi connectivity index (χ2n) is 9.85. The van der Waals surface area contributed by atoms with Crippen LogP contribution < -0.4 is 9.64 Å². The molecular formula is C24H32ClFN4O2. The van der Waals surface area contributed by atoms with Crippen LogP contribution in [0.2, 0.25) is 5.02 Å². The standard InChI is InChI=1S/C24H32ClFN4O2/c1-16(13-24(3,4)5)10-23(31)30-9-8-29(14-17(30)2)21-12-22(28-15-27-21)32-18-6-7-20(26)19(25)11-18/h6-7,11-12,15-17H,8-10,13-14H2,1-5H3/t16-,17+/m1/s1. The Balaban J connectivity index is 1.60. The third-order valence-electron chi connectivity index (χ3n) is 5.50. The number of rotatable bonds is 6. The van der Waals surface area contributed by atoms with Gasteiger partial charge in [0.05, 0.1) is 5.02 Å². The highest BCUT2D eigenvalue weighted by Gasteiger charge is 2.29. The fourth-order valence-corrected chi connectivity index (χ4v) is 4.46. The van der Waals surface area contributed by atoms with Gasteiger partial charge >= 0.3 is 0 Å². The molecule has 174 valence electrons. The van der Waals surface area contributed by atoms with Crippen LogP contribution in [0.15, 0.2) is 30.6 Å². The number of ether oxygens (including phenoxy) is 1. The van der Waals surface area contributed by atoms with Crippen molar-refractivity contribution in [2.24, 2.45) is 11.3 Å². The van der Waals surface area contributed by atoms with E-state index in [9.17, 15) is 9.18 Å². The van der Waals surface area contributed by atoms with Crippen molar-refractivity contribution in [1.82, 2.24) is 14.9 Å². The first-order chi connectivity index (χ1) is 15.0. The van der Waals surface area contributed by atoms with Crippen molar-refractivity contribution in [3.8, 4) is 11.6 Å². The van der Waals surface area contributed by atoms with E-state index in [4.69, 9.17) is 16.3 Å². The number of aromatic nitrogens is 2. The van der Waals surface area contributed by atoms with Gasteiger partial charge in [0, 0.05) is 44.2 Å². The lowest BCUT2D eigenvalue weighted by atomic mass is 9.84. The van der Waals surface area contributed by atoms with Crippen molar-refractivity contribution >= 4 is 23.3 Å².